The number of imidazole rings is 1. The lowest BCUT2D eigenvalue weighted by Crippen LogP contribution is -2.36. The first-order valence-corrected chi connectivity index (χ1v) is 8.04. The molecule has 0 aliphatic rings. The molecule has 0 saturated carbocycles. The third kappa shape index (κ3) is 2.37. The predicted octanol–water partition coefficient (Wildman–Crippen LogP) is -0.725. The fourth-order valence-electron chi connectivity index (χ4n) is 2.27. The van der Waals surface area contributed by atoms with E-state index in [-0.39, 0.29) is 16.1 Å². The van der Waals surface area contributed by atoms with E-state index in [2.05, 4.69) is 9.97 Å². The highest BCUT2D eigenvalue weighted by atomic mass is 32.2. The second-order valence-corrected chi connectivity index (χ2v) is 6.62. The topological polar surface area (TPSA) is 133 Å². The first-order chi connectivity index (χ1) is 10.7. The van der Waals surface area contributed by atoms with Crippen LogP contribution in [0.25, 0.3) is 22.6 Å². The largest absolute Gasteiger partial charge is 0.332 e. The Labute approximate surface area is 130 Å². The van der Waals surface area contributed by atoms with Crippen molar-refractivity contribution in [3.05, 3.63) is 45.1 Å². The summed E-state index contributed by atoms with van der Waals surface area (Å²) in [6.07, 6.45) is 0. The summed E-state index contributed by atoms with van der Waals surface area (Å²) in [7, 11) is -0.887. The van der Waals surface area contributed by atoms with E-state index in [4.69, 9.17) is 5.14 Å². The molecule has 0 fully saturated rings. The fourth-order valence-corrected chi connectivity index (χ4v) is 2.78. The van der Waals surface area contributed by atoms with Gasteiger partial charge in [0.2, 0.25) is 10.0 Å². The predicted molar refractivity (Wildman–Crippen MR) is 83.4 cm³/mol. The Morgan fingerprint density at radius 1 is 1.09 bits per heavy atom. The monoisotopic (exact) mass is 335 g/mol. The van der Waals surface area contributed by atoms with Crippen LogP contribution >= 0.6 is 0 Å². The van der Waals surface area contributed by atoms with E-state index in [0.717, 1.165) is 4.57 Å². The van der Waals surface area contributed by atoms with E-state index in [9.17, 15) is 18.0 Å². The zero-order valence-electron chi connectivity index (χ0n) is 12.3. The molecule has 3 N–H and O–H groups in total. The van der Waals surface area contributed by atoms with Crippen molar-refractivity contribution in [1.82, 2.24) is 19.1 Å². The van der Waals surface area contributed by atoms with Gasteiger partial charge < -0.3 is 4.98 Å². The third-order valence-corrected chi connectivity index (χ3v) is 4.48. The van der Waals surface area contributed by atoms with Crippen molar-refractivity contribution in [3.8, 4) is 11.4 Å². The zero-order chi connectivity index (χ0) is 16.9. The average molecular weight is 335 g/mol. The SMILES string of the molecule is Cn1c(=O)c2[nH]c(-c3ccc(S(N)(=O)=O)cc3)nc2n(C)c1=O. The molecule has 1 aromatic carbocycles. The van der Waals surface area contributed by atoms with Gasteiger partial charge in [0.1, 0.15) is 11.3 Å². The number of rotatable bonds is 2. The minimum absolute atomic E-state index is 0.0272. The Morgan fingerprint density at radius 3 is 2.26 bits per heavy atom. The van der Waals surface area contributed by atoms with Gasteiger partial charge in [0.05, 0.1) is 4.90 Å². The molecule has 2 aromatic heterocycles. The van der Waals surface area contributed by atoms with Gasteiger partial charge in [-0.15, -0.1) is 0 Å². The lowest BCUT2D eigenvalue weighted by Gasteiger charge is -2.00. The molecule has 3 rings (SSSR count). The Hall–Kier alpha value is -2.72. The number of nitrogens with two attached hydrogens (primary N) is 1. The number of hydrogen-bond donors (Lipinski definition) is 2. The van der Waals surface area contributed by atoms with E-state index in [0.29, 0.717) is 11.4 Å². The zero-order valence-corrected chi connectivity index (χ0v) is 13.1. The number of nitrogens with zero attached hydrogens (tertiary/aromatic N) is 3. The summed E-state index contributed by atoms with van der Waals surface area (Å²) in [6.45, 7) is 0. The summed E-state index contributed by atoms with van der Waals surface area (Å²) >= 11 is 0. The highest BCUT2D eigenvalue weighted by Gasteiger charge is 2.15. The van der Waals surface area contributed by atoms with Gasteiger partial charge >= 0.3 is 5.69 Å². The summed E-state index contributed by atoms with van der Waals surface area (Å²) in [6, 6.07) is 5.71. The summed E-state index contributed by atoms with van der Waals surface area (Å²) in [5.74, 6) is 0.347. The third-order valence-electron chi connectivity index (χ3n) is 3.55. The number of fused-ring (bicyclic) bond motifs is 1. The first-order valence-electron chi connectivity index (χ1n) is 6.49. The molecule has 120 valence electrons. The molecule has 23 heavy (non-hydrogen) atoms. The van der Waals surface area contributed by atoms with Crippen LogP contribution in [0.1, 0.15) is 0 Å². The molecule has 10 heteroatoms. The van der Waals surface area contributed by atoms with E-state index in [1.54, 1.807) is 0 Å². The van der Waals surface area contributed by atoms with Crippen molar-refractivity contribution in [1.29, 1.82) is 0 Å². The van der Waals surface area contributed by atoms with Gasteiger partial charge in [-0.2, -0.15) is 0 Å². The second kappa shape index (κ2) is 4.89. The van der Waals surface area contributed by atoms with Crippen LogP contribution in [0, 0.1) is 0 Å². The maximum atomic E-state index is 12.1. The Bertz CT molecular complexity index is 1140. The van der Waals surface area contributed by atoms with Crippen molar-refractivity contribution in [3.63, 3.8) is 0 Å². The minimum Gasteiger partial charge on any atom is -0.332 e. The highest BCUT2D eigenvalue weighted by Crippen LogP contribution is 2.19. The summed E-state index contributed by atoms with van der Waals surface area (Å²) in [5, 5.41) is 5.05. The molecule has 0 spiro atoms. The molecule has 0 radical (unpaired) electrons. The molecule has 0 aliphatic carbocycles. The van der Waals surface area contributed by atoms with Crippen molar-refractivity contribution in [2.75, 3.05) is 0 Å². The van der Waals surface area contributed by atoms with Gasteiger partial charge in [0.15, 0.2) is 5.65 Å². The van der Waals surface area contributed by atoms with Crippen LogP contribution in [0.4, 0.5) is 0 Å². The molecule has 0 amide bonds. The van der Waals surface area contributed by atoms with E-state index in [1.165, 1.54) is 42.9 Å². The number of H-pyrrole nitrogens is 1. The lowest BCUT2D eigenvalue weighted by atomic mass is 10.2. The molecule has 2 heterocycles. The maximum absolute atomic E-state index is 12.1. The first kappa shape index (κ1) is 15.2. The number of sulfonamides is 1. The molecule has 0 saturated heterocycles. The normalized spacial score (nSPS) is 12.0. The van der Waals surface area contributed by atoms with Gasteiger partial charge in [-0.25, -0.2) is 23.3 Å². The lowest BCUT2D eigenvalue weighted by molar-refractivity contribution is 0.598. The number of primary sulfonamides is 1. The average Bonchev–Trinajstić information content (AvgIpc) is 2.95. The quantitative estimate of drug-likeness (QED) is 0.637. The standard InChI is InChI=1S/C13H13N5O4S/c1-17-11-9(12(19)18(2)13(17)20)15-10(16-11)7-3-5-8(6-4-7)23(14,21)22/h3-6H,1-2H3,(H,15,16)(H2,14,21,22). The maximum Gasteiger partial charge on any atom is 0.332 e. The van der Waals surface area contributed by atoms with Crippen molar-refractivity contribution >= 4 is 21.2 Å². The summed E-state index contributed by atoms with van der Waals surface area (Å²) < 4.78 is 24.8. The number of nitrogens with one attached hydrogen (secondary N) is 1. The summed E-state index contributed by atoms with van der Waals surface area (Å²) in [4.78, 5) is 31.1. The second-order valence-electron chi connectivity index (χ2n) is 5.06. The van der Waals surface area contributed by atoms with E-state index >= 15 is 0 Å². The van der Waals surface area contributed by atoms with E-state index < -0.39 is 21.3 Å². The van der Waals surface area contributed by atoms with Crippen LogP contribution in [-0.4, -0.2) is 27.5 Å². The number of benzene rings is 1. The fraction of sp³-hybridized carbons (Fsp3) is 0.154. The van der Waals surface area contributed by atoms with Gasteiger partial charge in [0, 0.05) is 19.7 Å². The smallest absolute Gasteiger partial charge is 0.332 e. The van der Waals surface area contributed by atoms with Gasteiger partial charge in [-0.3, -0.25) is 13.9 Å². The van der Waals surface area contributed by atoms with Gasteiger partial charge in [0.25, 0.3) is 5.56 Å². The summed E-state index contributed by atoms with van der Waals surface area (Å²) in [5.41, 5.74) is 0.0139. The van der Waals surface area contributed by atoms with Crippen LogP contribution in [0.15, 0.2) is 38.8 Å². The molecule has 0 aliphatic heterocycles. The number of hydrogen-bond acceptors (Lipinski definition) is 5. The Morgan fingerprint density at radius 2 is 1.70 bits per heavy atom. The molecule has 0 bridgehead atoms. The Kier molecular flexibility index (Phi) is 3.23. The van der Waals surface area contributed by atoms with Crippen LogP contribution in [0.3, 0.4) is 0 Å². The minimum atomic E-state index is -3.78. The van der Waals surface area contributed by atoms with Crippen LogP contribution in [0.2, 0.25) is 0 Å². The number of aromatic amines is 1. The van der Waals surface area contributed by atoms with E-state index in [1.807, 2.05) is 0 Å². The van der Waals surface area contributed by atoms with Crippen molar-refractivity contribution in [2.45, 2.75) is 4.90 Å². The van der Waals surface area contributed by atoms with Crippen LogP contribution < -0.4 is 16.4 Å². The highest BCUT2D eigenvalue weighted by molar-refractivity contribution is 7.89. The molecule has 0 unspecified atom stereocenters. The number of aromatic nitrogens is 4. The Balaban J connectivity index is 2.22. The molecule has 0 atom stereocenters. The van der Waals surface area contributed by atoms with Crippen molar-refractivity contribution < 1.29 is 8.42 Å². The van der Waals surface area contributed by atoms with Crippen LogP contribution in [0.5, 0.6) is 0 Å². The number of aryl methyl sites for hydroxylation is 1. The molecule has 3 aromatic rings. The van der Waals surface area contributed by atoms with Crippen molar-refractivity contribution in [2.24, 2.45) is 19.2 Å². The van der Waals surface area contributed by atoms with Gasteiger partial charge in [-0.05, 0) is 24.3 Å². The van der Waals surface area contributed by atoms with Gasteiger partial charge in [-0.1, -0.05) is 0 Å². The molecular weight excluding hydrogens is 322 g/mol. The van der Waals surface area contributed by atoms with Crippen LogP contribution in [-0.2, 0) is 24.1 Å². The molecule has 9 nitrogen and oxygen atoms in total. The molecular formula is C13H13N5O4S.